The van der Waals surface area contributed by atoms with Gasteiger partial charge >= 0.3 is 50.8 Å². The van der Waals surface area contributed by atoms with Crippen molar-refractivity contribution >= 4 is 35.6 Å². The molecule has 0 amide bonds. The van der Waals surface area contributed by atoms with Gasteiger partial charge in [-0.15, -0.1) is 0 Å². The quantitative estimate of drug-likeness (QED) is 0.493. The van der Waals surface area contributed by atoms with Crippen LogP contribution >= 0.6 is 0 Å². The van der Waals surface area contributed by atoms with Crippen LogP contribution in [0.5, 0.6) is 0 Å². The van der Waals surface area contributed by atoms with Gasteiger partial charge in [0.25, 0.3) is 0 Å². The first-order chi connectivity index (χ1) is 2.56. The van der Waals surface area contributed by atoms with Crippen LogP contribution in [0, 0.1) is 0 Å². The molecule has 0 bridgehead atoms. The van der Waals surface area contributed by atoms with Gasteiger partial charge in [0.05, 0.1) is 0 Å². The summed E-state index contributed by atoms with van der Waals surface area (Å²) in [6, 6.07) is 0. The monoisotopic (exact) mass is 306 g/mol. The second-order valence-corrected chi connectivity index (χ2v) is 3.25. The number of hydrogen-bond acceptors (Lipinski definition) is 3. The van der Waals surface area contributed by atoms with Gasteiger partial charge in [0.15, 0.2) is 0 Å². The third kappa shape index (κ3) is 4.75. The van der Waals surface area contributed by atoms with E-state index in [1.807, 2.05) is 0 Å². The second kappa shape index (κ2) is 2.16. The molecule has 36 valence electrons. The fraction of sp³-hybridized carbons (Fsp3) is 0. The molecule has 0 aliphatic heterocycles. The van der Waals surface area contributed by atoms with Gasteiger partial charge in [0.1, 0.15) is 0 Å². The fourth-order valence-electron chi connectivity index (χ4n) is 0. The van der Waals surface area contributed by atoms with Crippen molar-refractivity contribution < 1.29 is 15.2 Å². The van der Waals surface area contributed by atoms with E-state index < -0.39 is 10.4 Å². The van der Waals surface area contributed by atoms with E-state index in [-0.39, 0.29) is 25.2 Å². The summed E-state index contributed by atoms with van der Waals surface area (Å²) in [5.74, 6) is 0. The summed E-state index contributed by atoms with van der Waals surface area (Å²) >= 11 is 0.182. The van der Waals surface area contributed by atoms with Crippen LogP contribution in [-0.4, -0.2) is 38.1 Å². The minimum absolute atomic E-state index is 0.182. The third-order valence-corrected chi connectivity index (χ3v) is 2.48. The summed E-state index contributed by atoms with van der Waals surface area (Å²) in [4.78, 5) is 0. The summed E-state index contributed by atoms with van der Waals surface area (Å²) < 4.78 is 29.9. The molecule has 0 saturated heterocycles. The van der Waals surface area contributed by atoms with E-state index in [2.05, 4.69) is 2.26 Å². The van der Waals surface area contributed by atoms with E-state index in [9.17, 15) is 8.42 Å². The van der Waals surface area contributed by atoms with Crippen molar-refractivity contribution in [2.75, 3.05) is 0 Å². The Morgan fingerprint density at radius 3 is 1.83 bits per heavy atom. The molecule has 0 atom stereocenters. The molecule has 6 heavy (non-hydrogen) atoms. The fourth-order valence-corrected chi connectivity index (χ4v) is 0. The van der Waals surface area contributed by atoms with Crippen LogP contribution in [0.3, 0.4) is 0 Å². The molecule has 6 heteroatoms. The Labute approximate surface area is 50.9 Å². The second-order valence-electron chi connectivity index (χ2n) is 0.502. The molecule has 0 aromatic heterocycles. The van der Waals surface area contributed by atoms with E-state index in [1.165, 1.54) is 0 Å². The van der Waals surface area contributed by atoms with Gasteiger partial charge in [-0.2, -0.15) is 0 Å². The maximum absolute atomic E-state index is 9.36. The molecule has 0 saturated carbocycles. The molecular weight excluding hydrogens is 305 g/mol. The Morgan fingerprint density at radius 1 is 1.67 bits per heavy atom. The van der Waals surface area contributed by atoms with E-state index >= 15 is 0 Å². The van der Waals surface area contributed by atoms with Crippen LogP contribution in [0.2, 0.25) is 0 Å². The molecule has 0 aliphatic carbocycles. The Bertz CT molecular complexity index is 110. The average molecular weight is 306 g/mol. The van der Waals surface area contributed by atoms with Gasteiger partial charge in [0, 0.05) is 0 Å². The van der Waals surface area contributed by atoms with Crippen molar-refractivity contribution in [3.8, 4) is 0 Å². The maximum atomic E-state index is 9.36. The molecule has 0 aromatic carbocycles. The van der Waals surface area contributed by atoms with E-state index in [1.54, 1.807) is 0 Å². The van der Waals surface area contributed by atoms with Crippen molar-refractivity contribution in [1.29, 1.82) is 0 Å². The molecule has 1 N–H and O–H groups in total. The summed E-state index contributed by atoms with van der Waals surface area (Å²) in [5, 5.41) is 0. The predicted octanol–water partition coefficient (Wildman–Crippen LogP) is -1.11. The zero-order valence-corrected chi connectivity index (χ0v) is 6.82. The molecular formula is HBiO4S. The van der Waals surface area contributed by atoms with Crippen LogP contribution < -0.4 is 0 Å². The van der Waals surface area contributed by atoms with Crippen LogP contribution in [-0.2, 0) is 12.7 Å². The van der Waals surface area contributed by atoms with Gasteiger partial charge in [-0.1, -0.05) is 0 Å². The number of rotatable bonds is 1. The molecule has 0 aliphatic rings. The third-order valence-electron chi connectivity index (χ3n) is 0.0942. The molecule has 0 fully saturated rings. The van der Waals surface area contributed by atoms with Crippen LogP contribution in [0.25, 0.3) is 0 Å². The molecule has 2 radical (unpaired) electrons. The van der Waals surface area contributed by atoms with Crippen LogP contribution in [0.1, 0.15) is 0 Å². The molecule has 0 heterocycles. The minimum atomic E-state index is -4.11. The Hall–Kier alpha value is 0.753. The Balaban J connectivity index is 3.85. The van der Waals surface area contributed by atoms with E-state index in [0.717, 1.165) is 0 Å². The first-order valence-electron chi connectivity index (χ1n) is 0.865. The predicted molar refractivity (Wildman–Crippen MR) is 18.4 cm³/mol. The molecule has 0 rings (SSSR count). The van der Waals surface area contributed by atoms with Crippen molar-refractivity contribution in [3.05, 3.63) is 0 Å². The van der Waals surface area contributed by atoms with Gasteiger partial charge in [-0.3, -0.25) is 0 Å². The van der Waals surface area contributed by atoms with E-state index in [4.69, 9.17) is 4.55 Å². The van der Waals surface area contributed by atoms with Crippen LogP contribution in [0.15, 0.2) is 0 Å². The molecule has 4 nitrogen and oxygen atoms in total. The summed E-state index contributed by atoms with van der Waals surface area (Å²) in [5.41, 5.74) is 0. The van der Waals surface area contributed by atoms with Crippen LogP contribution in [0.4, 0.5) is 0 Å². The van der Waals surface area contributed by atoms with Gasteiger partial charge in [-0.05, 0) is 0 Å². The topological polar surface area (TPSA) is 63.6 Å². The molecule has 0 spiro atoms. The normalized spacial score (nSPS) is 11.7. The Kier molecular flexibility index (Phi) is 2.43. The Morgan fingerprint density at radius 2 is 1.83 bits per heavy atom. The standard InChI is InChI=1S/Bi.H2O4S/c;1-5(2,3)4/h;(H2,1,2,3,4)/q+1;/p-1. The van der Waals surface area contributed by atoms with Gasteiger partial charge in [-0.25, -0.2) is 0 Å². The molecule has 0 aromatic rings. The average Bonchev–Trinajstić information content (AvgIpc) is 1.35. The molecule has 0 unspecified atom stereocenters. The zero-order valence-electron chi connectivity index (χ0n) is 2.53. The summed E-state index contributed by atoms with van der Waals surface area (Å²) in [6.45, 7) is 0. The van der Waals surface area contributed by atoms with Gasteiger partial charge < -0.3 is 0 Å². The first-order valence-corrected chi connectivity index (χ1v) is 3.65. The summed E-state index contributed by atoms with van der Waals surface area (Å²) in [6.07, 6.45) is 0. The number of hydrogen-bond donors (Lipinski definition) is 1. The van der Waals surface area contributed by atoms with Crippen molar-refractivity contribution in [1.82, 2.24) is 0 Å². The first kappa shape index (κ1) is 6.75. The van der Waals surface area contributed by atoms with E-state index in [0.29, 0.717) is 0 Å². The van der Waals surface area contributed by atoms with Gasteiger partial charge in [0.2, 0.25) is 0 Å². The van der Waals surface area contributed by atoms with Crippen molar-refractivity contribution in [2.45, 2.75) is 0 Å². The van der Waals surface area contributed by atoms with Crippen molar-refractivity contribution in [2.24, 2.45) is 0 Å². The zero-order chi connectivity index (χ0) is 5.21. The summed E-state index contributed by atoms with van der Waals surface area (Å²) in [7, 11) is -4.11. The SMILES string of the molecule is O=S(=O)(O)[O][Bi]. The van der Waals surface area contributed by atoms with Crippen molar-refractivity contribution in [3.63, 3.8) is 0 Å².